The van der Waals surface area contributed by atoms with Crippen molar-refractivity contribution in [1.82, 2.24) is 14.9 Å². The molecule has 0 bridgehead atoms. The molecule has 18 heavy (non-hydrogen) atoms. The van der Waals surface area contributed by atoms with Crippen LogP contribution in [0, 0.1) is 11.8 Å². The molecule has 5 nitrogen and oxygen atoms in total. The van der Waals surface area contributed by atoms with Gasteiger partial charge >= 0.3 is 0 Å². The van der Waals surface area contributed by atoms with Gasteiger partial charge in [-0.2, -0.15) is 0 Å². The number of likely N-dealkylation sites (tertiary alicyclic amines) is 1. The lowest BCUT2D eigenvalue weighted by Crippen LogP contribution is -2.40. The maximum absolute atomic E-state index is 11.4. The molecule has 0 N–H and O–H groups in total. The number of hydrogen-bond donors (Lipinski definition) is 0. The summed E-state index contributed by atoms with van der Waals surface area (Å²) in [4.78, 5) is 24.3. The highest BCUT2D eigenvalue weighted by molar-refractivity contribution is 5.73. The molecular formula is C13H18N4O. The standard InChI is InChI=1S/C13H18N4O/c1-10(18)17-7-11-3-6-16(8-12(11)9-17)13-14-4-2-5-15-13/h2,4-5,11-12H,3,6-9H2,1H3/t11-,12+/m1/s1. The van der Waals surface area contributed by atoms with E-state index in [-0.39, 0.29) is 5.91 Å². The molecule has 3 heterocycles. The second kappa shape index (κ2) is 4.55. The van der Waals surface area contributed by atoms with E-state index >= 15 is 0 Å². The molecule has 2 aliphatic rings. The van der Waals surface area contributed by atoms with Crippen LogP contribution in [0.5, 0.6) is 0 Å². The fourth-order valence-corrected chi connectivity index (χ4v) is 3.06. The third-order valence-corrected chi connectivity index (χ3v) is 4.08. The Morgan fingerprint density at radius 1 is 1.22 bits per heavy atom. The predicted octanol–water partition coefficient (Wildman–Crippen LogP) is 0.781. The lowest BCUT2D eigenvalue weighted by atomic mass is 9.89. The molecule has 1 aromatic heterocycles. The van der Waals surface area contributed by atoms with E-state index in [1.807, 2.05) is 11.0 Å². The average molecular weight is 246 g/mol. The van der Waals surface area contributed by atoms with Crippen LogP contribution >= 0.6 is 0 Å². The van der Waals surface area contributed by atoms with Gasteiger partial charge in [-0.3, -0.25) is 4.79 Å². The van der Waals surface area contributed by atoms with Crippen LogP contribution in [0.3, 0.4) is 0 Å². The number of hydrogen-bond acceptors (Lipinski definition) is 4. The largest absolute Gasteiger partial charge is 0.342 e. The topological polar surface area (TPSA) is 49.3 Å². The van der Waals surface area contributed by atoms with Crippen molar-refractivity contribution in [2.24, 2.45) is 11.8 Å². The number of piperidine rings is 1. The van der Waals surface area contributed by atoms with Crippen LogP contribution in [0.15, 0.2) is 18.5 Å². The van der Waals surface area contributed by atoms with Crippen molar-refractivity contribution < 1.29 is 4.79 Å². The summed E-state index contributed by atoms with van der Waals surface area (Å²) in [5, 5.41) is 0. The Morgan fingerprint density at radius 2 is 1.94 bits per heavy atom. The van der Waals surface area contributed by atoms with E-state index in [1.54, 1.807) is 19.3 Å². The second-order valence-corrected chi connectivity index (χ2v) is 5.23. The van der Waals surface area contributed by atoms with Crippen molar-refractivity contribution in [3.05, 3.63) is 18.5 Å². The van der Waals surface area contributed by atoms with Gasteiger partial charge in [0.15, 0.2) is 0 Å². The minimum atomic E-state index is 0.201. The van der Waals surface area contributed by atoms with E-state index in [2.05, 4.69) is 14.9 Å². The Balaban J connectivity index is 1.69. The summed E-state index contributed by atoms with van der Waals surface area (Å²) in [6.07, 6.45) is 4.70. The van der Waals surface area contributed by atoms with Crippen LogP contribution in [-0.2, 0) is 4.79 Å². The third-order valence-electron chi connectivity index (χ3n) is 4.08. The molecule has 3 rings (SSSR count). The number of amides is 1. The molecular weight excluding hydrogens is 228 g/mol. The summed E-state index contributed by atoms with van der Waals surface area (Å²) in [5.41, 5.74) is 0. The number of rotatable bonds is 1. The van der Waals surface area contributed by atoms with Crippen LogP contribution in [0.4, 0.5) is 5.95 Å². The number of carbonyl (C=O) groups excluding carboxylic acids is 1. The minimum absolute atomic E-state index is 0.201. The van der Waals surface area contributed by atoms with Crippen molar-refractivity contribution in [3.63, 3.8) is 0 Å². The summed E-state index contributed by atoms with van der Waals surface area (Å²) < 4.78 is 0. The van der Waals surface area contributed by atoms with Gasteiger partial charge in [-0.15, -0.1) is 0 Å². The van der Waals surface area contributed by atoms with Gasteiger partial charge in [-0.1, -0.05) is 0 Å². The first-order valence-electron chi connectivity index (χ1n) is 6.51. The highest BCUT2D eigenvalue weighted by Crippen LogP contribution is 2.32. The first-order chi connectivity index (χ1) is 8.74. The number of anilines is 1. The highest BCUT2D eigenvalue weighted by atomic mass is 16.2. The summed E-state index contributed by atoms with van der Waals surface area (Å²) in [5.74, 6) is 2.25. The smallest absolute Gasteiger partial charge is 0.225 e. The van der Waals surface area contributed by atoms with Crippen molar-refractivity contribution in [1.29, 1.82) is 0 Å². The van der Waals surface area contributed by atoms with E-state index in [4.69, 9.17) is 0 Å². The molecule has 0 saturated carbocycles. The van der Waals surface area contributed by atoms with Gasteiger partial charge in [0, 0.05) is 45.5 Å². The van der Waals surface area contributed by atoms with E-state index in [0.717, 1.165) is 38.5 Å². The van der Waals surface area contributed by atoms with E-state index in [1.165, 1.54) is 0 Å². The normalized spacial score (nSPS) is 27.2. The first-order valence-corrected chi connectivity index (χ1v) is 6.51. The van der Waals surface area contributed by atoms with Crippen LogP contribution in [-0.4, -0.2) is 47.0 Å². The van der Waals surface area contributed by atoms with Gasteiger partial charge in [-0.25, -0.2) is 9.97 Å². The molecule has 1 amide bonds. The van der Waals surface area contributed by atoms with Crippen LogP contribution < -0.4 is 4.90 Å². The molecule has 0 aliphatic carbocycles. The number of carbonyl (C=O) groups is 1. The number of aromatic nitrogens is 2. The fraction of sp³-hybridized carbons (Fsp3) is 0.615. The SMILES string of the molecule is CC(=O)N1C[C@H]2CCN(c3ncccn3)C[C@H]2C1. The van der Waals surface area contributed by atoms with Crippen LogP contribution in [0.25, 0.3) is 0 Å². The van der Waals surface area contributed by atoms with E-state index in [0.29, 0.717) is 11.8 Å². The molecule has 2 saturated heterocycles. The molecule has 0 aromatic carbocycles. The van der Waals surface area contributed by atoms with Crippen molar-refractivity contribution in [3.8, 4) is 0 Å². The number of nitrogens with zero attached hydrogens (tertiary/aromatic N) is 4. The molecule has 0 radical (unpaired) electrons. The Morgan fingerprint density at radius 3 is 2.67 bits per heavy atom. The van der Waals surface area contributed by atoms with Gasteiger partial charge in [0.1, 0.15) is 0 Å². The van der Waals surface area contributed by atoms with Gasteiger partial charge in [-0.05, 0) is 24.3 Å². The van der Waals surface area contributed by atoms with Crippen molar-refractivity contribution in [2.45, 2.75) is 13.3 Å². The summed E-state index contributed by atoms with van der Waals surface area (Å²) in [6.45, 7) is 5.46. The monoisotopic (exact) mass is 246 g/mol. The first kappa shape index (κ1) is 11.4. The summed E-state index contributed by atoms with van der Waals surface area (Å²) >= 11 is 0. The van der Waals surface area contributed by atoms with Gasteiger partial charge in [0.2, 0.25) is 11.9 Å². The highest BCUT2D eigenvalue weighted by Gasteiger charge is 2.38. The van der Waals surface area contributed by atoms with Gasteiger partial charge < -0.3 is 9.80 Å². The molecule has 1 aromatic rings. The molecule has 0 spiro atoms. The molecule has 0 unspecified atom stereocenters. The fourth-order valence-electron chi connectivity index (χ4n) is 3.06. The second-order valence-electron chi connectivity index (χ2n) is 5.23. The van der Waals surface area contributed by atoms with Gasteiger partial charge in [0.25, 0.3) is 0 Å². The molecule has 96 valence electrons. The Kier molecular flexibility index (Phi) is 2.89. The van der Waals surface area contributed by atoms with Gasteiger partial charge in [0.05, 0.1) is 0 Å². The Hall–Kier alpha value is -1.65. The lowest BCUT2D eigenvalue weighted by molar-refractivity contribution is -0.128. The zero-order valence-electron chi connectivity index (χ0n) is 10.6. The summed E-state index contributed by atoms with van der Waals surface area (Å²) in [7, 11) is 0. The summed E-state index contributed by atoms with van der Waals surface area (Å²) in [6, 6.07) is 1.84. The molecule has 2 fully saturated rings. The Bertz CT molecular complexity index is 436. The maximum Gasteiger partial charge on any atom is 0.225 e. The van der Waals surface area contributed by atoms with Crippen molar-refractivity contribution in [2.75, 3.05) is 31.1 Å². The number of fused-ring (bicyclic) bond motifs is 1. The maximum atomic E-state index is 11.4. The zero-order valence-corrected chi connectivity index (χ0v) is 10.6. The quantitative estimate of drug-likeness (QED) is 0.735. The Labute approximate surface area is 107 Å². The minimum Gasteiger partial charge on any atom is -0.342 e. The molecule has 2 aliphatic heterocycles. The lowest BCUT2D eigenvalue weighted by Gasteiger charge is -2.34. The third kappa shape index (κ3) is 2.05. The van der Waals surface area contributed by atoms with E-state index in [9.17, 15) is 4.79 Å². The zero-order chi connectivity index (χ0) is 12.5. The molecule has 5 heteroatoms. The van der Waals surface area contributed by atoms with Crippen molar-refractivity contribution >= 4 is 11.9 Å². The predicted molar refractivity (Wildman–Crippen MR) is 68.1 cm³/mol. The molecule has 2 atom stereocenters. The van der Waals surface area contributed by atoms with Crippen LogP contribution in [0.1, 0.15) is 13.3 Å². The van der Waals surface area contributed by atoms with E-state index < -0.39 is 0 Å². The average Bonchev–Trinajstić information content (AvgIpc) is 2.82. The van der Waals surface area contributed by atoms with Crippen LogP contribution in [0.2, 0.25) is 0 Å².